The van der Waals surface area contributed by atoms with Crippen molar-refractivity contribution in [3.63, 3.8) is 0 Å². The molecule has 11 aromatic rings. The quantitative estimate of drug-likeness (QED) is 0.171. The fourth-order valence-corrected chi connectivity index (χ4v) is 9.11. The number of rotatable bonds is 6. The van der Waals surface area contributed by atoms with Crippen LogP contribution in [0.15, 0.2) is 192 Å². The molecule has 0 bridgehead atoms. The standard InChI is InChI=1S/C51H31N3OS/c1-5-16-32(17-6-1)36-30-42(34-20-9-3-10-21-34)46-43(31-36)45-37(33-18-7-2-8-19-33)28-29-40(47(45)55-46)50-52-49(35-22-11-4-12-23-35)53-51(54-50)41-26-15-25-39-38-24-13-14-27-44(38)56-48(39)41/h1-31H. The van der Waals surface area contributed by atoms with Gasteiger partial charge in [-0.25, -0.2) is 15.0 Å². The van der Waals surface area contributed by atoms with Gasteiger partial charge in [-0.1, -0.05) is 158 Å². The Morgan fingerprint density at radius 3 is 1.61 bits per heavy atom. The molecule has 0 fully saturated rings. The van der Waals surface area contributed by atoms with Crippen molar-refractivity contribution in [2.24, 2.45) is 0 Å². The minimum absolute atomic E-state index is 0.556. The summed E-state index contributed by atoms with van der Waals surface area (Å²) in [7, 11) is 0. The van der Waals surface area contributed by atoms with Crippen LogP contribution in [0, 0.1) is 0 Å². The number of benzene rings is 8. The summed E-state index contributed by atoms with van der Waals surface area (Å²) in [4.78, 5) is 15.7. The van der Waals surface area contributed by atoms with E-state index in [-0.39, 0.29) is 0 Å². The van der Waals surface area contributed by atoms with Crippen LogP contribution in [-0.2, 0) is 0 Å². The third-order valence-electron chi connectivity index (χ3n) is 10.6. The van der Waals surface area contributed by atoms with E-state index in [1.54, 1.807) is 11.3 Å². The first-order chi connectivity index (χ1) is 27.8. The van der Waals surface area contributed by atoms with Crippen LogP contribution in [0.25, 0.3) is 110 Å². The third kappa shape index (κ3) is 5.40. The Morgan fingerprint density at radius 2 is 0.893 bits per heavy atom. The van der Waals surface area contributed by atoms with Gasteiger partial charge >= 0.3 is 0 Å². The molecule has 262 valence electrons. The summed E-state index contributed by atoms with van der Waals surface area (Å²) < 4.78 is 9.56. The Hall–Kier alpha value is -7.21. The molecule has 4 nitrogen and oxygen atoms in total. The molecule has 0 radical (unpaired) electrons. The van der Waals surface area contributed by atoms with Gasteiger partial charge in [-0.15, -0.1) is 11.3 Å². The van der Waals surface area contributed by atoms with Crippen molar-refractivity contribution < 1.29 is 4.42 Å². The number of thiophene rings is 1. The molecule has 11 rings (SSSR count). The van der Waals surface area contributed by atoms with Gasteiger partial charge in [0.1, 0.15) is 11.2 Å². The molecule has 3 heterocycles. The molecule has 0 amide bonds. The Kier molecular flexibility index (Phi) is 7.64. The maximum atomic E-state index is 7.18. The molecule has 0 saturated heterocycles. The predicted molar refractivity (Wildman–Crippen MR) is 233 cm³/mol. The van der Waals surface area contributed by atoms with Crippen molar-refractivity contribution in [2.45, 2.75) is 0 Å². The molecule has 0 saturated carbocycles. The number of hydrogen-bond acceptors (Lipinski definition) is 5. The van der Waals surface area contributed by atoms with Crippen LogP contribution in [-0.4, -0.2) is 15.0 Å². The van der Waals surface area contributed by atoms with E-state index in [9.17, 15) is 0 Å². The van der Waals surface area contributed by atoms with Crippen LogP contribution in [0.4, 0.5) is 0 Å². The summed E-state index contributed by atoms with van der Waals surface area (Å²) in [5, 5.41) is 4.49. The minimum Gasteiger partial charge on any atom is -0.455 e. The normalized spacial score (nSPS) is 11.6. The molecule has 3 aromatic heterocycles. The van der Waals surface area contributed by atoms with Gasteiger partial charge in [-0.2, -0.15) is 0 Å². The Morgan fingerprint density at radius 1 is 0.339 bits per heavy atom. The van der Waals surface area contributed by atoms with Crippen molar-refractivity contribution in [3.8, 4) is 67.5 Å². The lowest BCUT2D eigenvalue weighted by atomic mass is 9.92. The number of hydrogen-bond donors (Lipinski definition) is 0. The predicted octanol–water partition coefficient (Wildman–Crippen LogP) is 14.1. The molecular formula is C51H31N3OS. The van der Waals surface area contributed by atoms with Crippen LogP contribution in [0.5, 0.6) is 0 Å². The van der Waals surface area contributed by atoms with E-state index in [1.165, 1.54) is 15.5 Å². The zero-order chi connectivity index (χ0) is 37.0. The van der Waals surface area contributed by atoms with Crippen LogP contribution >= 0.6 is 11.3 Å². The van der Waals surface area contributed by atoms with Gasteiger partial charge < -0.3 is 4.42 Å². The summed E-state index contributed by atoms with van der Waals surface area (Å²) in [6.45, 7) is 0. The molecule has 0 spiro atoms. The number of aromatic nitrogens is 3. The van der Waals surface area contributed by atoms with Crippen molar-refractivity contribution in [2.75, 3.05) is 0 Å². The average Bonchev–Trinajstić information content (AvgIpc) is 3.86. The van der Waals surface area contributed by atoms with E-state index in [4.69, 9.17) is 19.4 Å². The Labute approximate surface area is 327 Å². The van der Waals surface area contributed by atoms with Crippen LogP contribution < -0.4 is 0 Å². The van der Waals surface area contributed by atoms with Gasteiger partial charge in [0, 0.05) is 47.6 Å². The molecule has 5 heteroatoms. The topological polar surface area (TPSA) is 51.8 Å². The highest BCUT2D eigenvalue weighted by Crippen LogP contribution is 2.46. The highest BCUT2D eigenvalue weighted by molar-refractivity contribution is 7.26. The summed E-state index contributed by atoms with van der Waals surface area (Å²) in [5.41, 5.74) is 10.8. The zero-order valence-corrected chi connectivity index (χ0v) is 30.9. The first-order valence-electron chi connectivity index (χ1n) is 18.7. The SMILES string of the molecule is c1ccc(-c2cc(-c3ccccc3)c3oc4c(-c5nc(-c6ccccc6)nc(-c6cccc7c6sc6ccccc67)n5)ccc(-c5ccccc5)c4c3c2)cc1. The van der Waals surface area contributed by atoms with Gasteiger partial charge in [0.2, 0.25) is 0 Å². The van der Waals surface area contributed by atoms with Crippen LogP contribution in [0.3, 0.4) is 0 Å². The zero-order valence-electron chi connectivity index (χ0n) is 30.1. The van der Waals surface area contributed by atoms with Crippen molar-refractivity contribution in [1.29, 1.82) is 0 Å². The maximum absolute atomic E-state index is 7.18. The maximum Gasteiger partial charge on any atom is 0.167 e. The average molecular weight is 734 g/mol. The van der Waals surface area contributed by atoms with Crippen molar-refractivity contribution >= 4 is 53.4 Å². The second-order valence-corrected chi connectivity index (χ2v) is 15.0. The van der Waals surface area contributed by atoms with Crippen LogP contribution in [0.2, 0.25) is 0 Å². The van der Waals surface area contributed by atoms with Gasteiger partial charge in [0.15, 0.2) is 17.5 Å². The second kappa shape index (κ2) is 13.3. The largest absolute Gasteiger partial charge is 0.455 e. The fourth-order valence-electron chi connectivity index (χ4n) is 7.90. The number of furan rings is 1. The summed E-state index contributed by atoms with van der Waals surface area (Å²) in [6.07, 6.45) is 0. The van der Waals surface area contributed by atoms with E-state index in [0.717, 1.165) is 76.7 Å². The molecule has 0 N–H and O–H groups in total. The molecule has 0 aliphatic carbocycles. The molecular weight excluding hydrogens is 703 g/mol. The lowest BCUT2D eigenvalue weighted by Crippen LogP contribution is -2.00. The first kappa shape index (κ1) is 32.2. The Balaban J connectivity index is 1.23. The summed E-state index contributed by atoms with van der Waals surface area (Å²) >= 11 is 1.77. The van der Waals surface area contributed by atoms with Gasteiger partial charge in [-0.05, 0) is 58.1 Å². The van der Waals surface area contributed by atoms with Crippen LogP contribution in [0.1, 0.15) is 0 Å². The first-order valence-corrected chi connectivity index (χ1v) is 19.5. The van der Waals surface area contributed by atoms with Gasteiger partial charge in [0.25, 0.3) is 0 Å². The van der Waals surface area contributed by atoms with Crippen molar-refractivity contribution in [3.05, 3.63) is 188 Å². The monoisotopic (exact) mass is 733 g/mol. The second-order valence-electron chi connectivity index (χ2n) is 13.9. The fraction of sp³-hybridized carbons (Fsp3) is 0. The van der Waals surface area contributed by atoms with E-state index >= 15 is 0 Å². The van der Waals surface area contributed by atoms with Gasteiger partial charge in [0.05, 0.1) is 5.56 Å². The molecule has 0 atom stereocenters. The summed E-state index contributed by atoms with van der Waals surface area (Å²) in [5.74, 6) is 1.79. The lowest BCUT2D eigenvalue weighted by Gasteiger charge is -2.11. The molecule has 0 aliphatic rings. The van der Waals surface area contributed by atoms with E-state index < -0.39 is 0 Å². The minimum atomic E-state index is 0.556. The Bertz CT molecular complexity index is 3230. The molecule has 56 heavy (non-hydrogen) atoms. The molecule has 0 unspecified atom stereocenters. The lowest BCUT2D eigenvalue weighted by molar-refractivity contribution is 0.670. The molecule has 8 aromatic carbocycles. The number of fused-ring (bicyclic) bond motifs is 6. The molecule has 0 aliphatic heterocycles. The van der Waals surface area contributed by atoms with Gasteiger partial charge in [-0.3, -0.25) is 0 Å². The van der Waals surface area contributed by atoms with E-state index in [2.05, 4.69) is 164 Å². The highest BCUT2D eigenvalue weighted by atomic mass is 32.1. The summed E-state index contributed by atoms with van der Waals surface area (Å²) in [6, 6.07) is 65.5. The van der Waals surface area contributed by atoms with E-state index in [0.29, 0.717) is 17.5 Å². The number of nitrogens with zero attached hydrogens (tertiary/aromatic N) is 3. The smallest absolute Gasteiger partial charge is 0.167 e. The highest BCUT2D eigenvalue weighted by Gasteiger charge is 2.24. The van der Waals surface area contributed by atoms with Crippen molar-refractivity contribution in [1.82, 2.24) is 15.0 Å². The van der Waals surface area contributed by atoms with E-state index in [1.807, 2.05) is 24.3 Å². The third-order valence-corrected chi connectivity index (χ3v) is 11.8.